The summed E-state index contributed by atoms with van der Waals surface area (Å²) >= 11 is 7.44. The van der Waals surface area contributed by atoms with Crippen LogP contribution in [0.2, 0.25) is 5.02 Å². The molecule has 0 fully saturated rings. The Morgan fingerprint density at radius 3 is 2.72 bits per heavy atom. The first-order valence-corrected chi connectivity index (χ1v) is 8.99. The monoisotopic (exact) mass is 372 g/mol. The molecule has 0 saturated heterocycles. The molecule has 3 rings (SSSR count). The molecular weight excluding hydrogens is 356 g/mol. The molecule has 1 aromatic heterocycles. The maximum absolute atomic E-state index is 11.9. The third kappa shape index (κ3) is 5.67. The fourth-order valence-electron chi connectivity index (χ4n) is 2.29. The number of anilines is 1. The van der Waals surface area contributed by atoms with Crippen LogP contribution in [-0.2, 0) is 22.6 Å². The van der Waals surface area contributed by atoms with Crippen LogP contribution in [-0.4, -0.2) is 17.5 Å². The maximum atomic E-state index is 11.9. The number of benzene rings is 2. The second-order valence-electron chi connectivity index (χ2n) is 5.46. The van der Waals surface area contributed by atoms with E-state index in [9.17, 15) is 4.79 Å². The molecule has 0 aliphatic rings. The number of ether oxygens (including phenoxy) is 1. The minimum Gasteiger partial charge on any atom is -0.367 e. The van der Waals surface area contributed by atoms with Crippen molar-refractivity contribution in [1.82, 2.24) is 4.98 Å². The van der Waals surface area contributed by atoms with E-state index in [4.69, 9.17) is 16.3 Å². The van der Waals surface area contributed by atoms with E-state index in [1.165, 1.54) is 11.3 Å². The lowest BCUT2D eigenvalue weighted by atomic mass is 10.1. The van der Waals surface area contributed by atoms with Crippen LogP contribution in [0.1, 0.15) is 16.0 Å². The molecular formula is C19H17ClN2O2S. The fraction of sp³-hybridized carbons (Fsp3) is 0.158. The number of amides is 1. The summed E-state index contributed by atoms with van der Waals surface area (Å²) in [5.41, 5.74) is 2.15. The second kappa shape index (κ2) is 8.76. The molecule has 0 aliphatic carbocycles. The van der Waals surface area contributed by atoms with Crippen molar-refractivity contribution in [2.24, 2.45) is 0 Å². The highest BCUT2D eigenvalue weighted by atomic mass is 35.5. The SMILES string of the molecule is O=C(COCc1ccccc1)Nc1ncc(Cc2cccc(Cl)c2)s1. The second-order valence-corrected chi connectivity index (χ2v) is 7.02. The average Bonchev–Trinajstić information content (AvgIpc) is 3.02. The zero-order valence-corrected chi connectivity index (χ0v) is 15.0. The summed E-state index contributed by atoms with van der Waals surface area (Å²) in [6.07, 6.45) is 2.50. The van der Waals surface area contributed by atoms with E-state index in [1.807, 2.05) is 54.6 Å². The average molecular weight is 373 g/mol. The lowest BCUT2D eigenvalue weighted by molar-refractivity contribution is -0.121. The molecule has 128 valence electrons. The first-order chi connectivity index (χ1) is 12.2. The van der Waals surface area contributed by atoms with Crippen LogP contribution >= 0.6 is 22.9 Å². The van der Waals surface area contributed by atoms with Crippen molar-refractivity contribution in [2.45, 2.75) is 13.0 Å². The van der Waals surface area contributed by atoms with Gasteiger partial charge in [0, 0.05) is 22.5 Å². The van der Waals surface area contributed by atoms with Gasteiger partial charge in [-0.3, -0.25) is 10.1 Å². The zero-order valence-electron chi connectivity index (χ0n) is 13.4. The summed E-state index contributed by atoms with van der Waals surface area (Å²) in [5, 5.41) is 4.05. The summed E-state index contributed by atoms with van der Waals surface area (Å²) in [5.74, 6) is -0.209. The number of nitrogens with one attached hydrogen (secondary N) is 1. The fourth-order valence-corrected chi connectivity index (χ4v) is 3.36. The van der Waals surface area contributed by atoms with Crippen LogP contribution in [0.25, 0.3) is 0 Å². The minimum atomic E-state index is -0.209. The number of aromatic nitrogens is 1. The van der Waals surface area contributed by atoms with Crippen molar-refractivity contribution in [1.29, 1.82) is 0 Å². The Hall–Kier alpha value is -2.21. The Labute approximate surface area is 155 Å². The van der Waals surface area contributed by atoms with Gasteiger partial charge < -0.3 is 4.74 Å². The molecule has 0 aliphatic heterocycles. The van der Waals surface area contributed by atoms with Crippen LogP contribution < -0.4 is 5.32 Å². The largest absolute Gasteiger partial charge is 0.367 e. The van der Waals surface area contributed by atoms with Gasteiger partial charge in [-0.05, 0) is 23.3 Å². The van der Waals surface area contributed by atoms with Crippen molar-refractivity contribution >= 4 is 34.0 Å². The van der Waals surface area contributed by atoms with E-state index in [1.54, 1.807) is 6.20 Å². The lowest BCUT2D eigenvalue weighted by Crippen LogP contribution is -2.18. The van der Waals surface area contributed by atoms with Gasteiger partial charge in [-0.25, -0.2) is 4.98 Å². The highest BCUT2D eigenvalue weighted by Gasteiger charge is 2.08. The van der Waals surface area contributed by atoms with Gasteiger partial charge in [0.15, 0.2) is 5.13 Å². The van der Waals surface area contributed by atoms with Crippen molar-refractivity contribution in [3.8, 4) is 0 Å². The number of nitrogens with zero attached hydrogens (tertiary/aromatic N) is 1. The van der Waals surface area contributed by atoms with E-state index in [0.29, 0.717) is 16.8 Å². The molecule has 0 bridgehead atoms. The molecule has 3 aromatic rings. The van der Waals surface area contributed by atoms with Gasteiger partial charge >= 0.3 is 0 Å². The number of thiazole rings is 1. The summed E-state index contributed by atoms with van der Waals surface area (Å²) in [6.45, 7) is 0.407. The number of halogens is 1. The first kappa shape index (κ1) is 17.6. The number of hydrogen-bond donors (Lipinski definition) is 1. The first-order valence-electron chi connectivity index (χ1n) is 7.80. The maximum Gasteiger partial charge on any atom is 0.252 e. The van der Waals surface area contributed by atoms with E-state index < -0.39 is 0 Å². The Bertz CT molecular complexity index is 836. The highest BCUT2D eigenvalue weighted by Crippen LogP contribution is 2.22. The Kier molecular flexibility index (Phi) is 6.17. The molecule has 6 heteroatoms. The lowest BCUT2D eigenvalue weighted by Gasteiger charge is -2.04. The summed E-state index contributed by atoms with van der Waals surface area (Å²) in [7, 11) is 0. The summed E-state index contributed by atoms with van der Waals surface area (Å²) in [6, 6.07) is 17.5. The van der Waals surface area contributed by atoms with E-state index in [2.05, 4.69) is 10.3 Å². The topological polar surface area (TPSA) is 51.2 Å². The molecule has 2 aromatic carbocycles. The van der Waals surface area contributed by atoms with Crippen LogP contribution in [0.4, 0.5) is 5.13 Å². The van der Waals surface area contributed by atoms with Crippen LogP contribution in [0, 0.1) is 0 Å². The number of carbonyl (C=O) groups excluding carboxylic acids is 1. The molecule has 0 saturated carbocycles. The standard InChI is InChI=1S/C19H17ClN2O2S/c20-16-8-4-7-15(9-16)10-17-11-21-19(25-17)22-18(23)13-24-12-14-5-2-1-3-6-14/h1-9,11H,10,12-13H2,(H,21,22,23). The highest BCUT2D eigenvalue weighted by molar-refractivity contribution is 7.15. The Morgan fingerprint density at radius 2 is 1.92 bits per heavy atom. The van der Waals surface area contributed by atoms with Crippen molar-refractivity contribution in [3.63, 3.8) is 0 Å². The smallest absolute Gasteiger partial charge is 0.252 e. The predicted molar refractivity (Wildman–Crippen MR) is 101 cm³/mol. The molecule has 1 amide bonds. The molecule has 25 heavy (non-hydrogen) atoms. The molecule has 0 atom stereocenters. The number of carbonyl (C=O) groups is 1. The summed E-state index contributed by atoms with van der Waals surface area (Å²) < 4.78 is 5.42. The van der Waals surface area contributed by atoms with Crippen LogP contribution in [0.3, 0.4) is 0 Å². The molecule has 4 nitrogen and oxygen atoms in total. The molecule has 0 unspecified atom stereocenters. The minimum absolute atomic E-state index is 0.00188. The van der Waals surface area contributed by atoms with Gasteiger partial charge in [0.1, 0.15) is 6.61 Å². The Balaban J connectivity index is 1.46. The Morgan fingerprint density at radius 1 is 1.12 bits per heavy atom. The van der Waals surface area contributed by atoms with E-state index in [-0.39, 0.29) is 12.5 Å². The molecule has 0 spiro atoms. The van der Waals surface area contributed by atoms with Crippen molar-refractivity contribution in [3.05, 3.63) is 81.8 Å². The van der Waals surface area contributed by atoms with E-state index >= 15 is 0 Å². The van der Waals surface area contributed by atoms with E-state index in [0.717, 1.165) is 22.4 Å². The molecule has 1 heterocycles. The van der Waals surface area contributed by atoms with Crippen molar-refractivity contribution < 1.29 is 9.53 Å². The third-order valence-corrected chi connectivity index (χ3v) is 4.56. The van der Waals surface area contributed by atoms with Crippen molar-refractivity contribution in [2.75, 3.05) is 11.9 Å². The molecule has 1 N–H and O–H groups in total. The van der Waals surface area contributed by atoms with Crippen LogP contribution in [0.5, 0.6) is 0 Å². The zero-order chi connectivity index (χ0) is 17.5. The van der Waals surface area contributed by atoms with Crippen LogP contribution in [0.15, 0.2) is 60.8 Å². The third-order valence-electron chi connectivity index (χ3n) is 3.41. The van der Waals surface area contributed by atoms with Gasteiger partial charge in [0.05, 0.1) is 6.61 Å². The number of rotatable bonds is 7. The molecule has 0 radical (unpaired) electrons. The summed E-state index contributed by atoms with van der Waals surface area (Å²) in [4.78, 5) is 17.2. The van der Waals surface area contributed by atoms with Gasteiger partial charge in [0.25, 0.3) is 5.91 Å². The normalized spacial score (nSPS) is 10.6. The van der Waals surface area contributed by atoms with Gasteiger partial charge in [0.2, 0.25) is 0 Å². The van der Waals surface area contributed by atoms with Gasteiger partial charge in [-0.1, -0.05) is 54.1 Å². The van der Waals surface area contributed by atoms with Gasteiger partial charge in [-0.15, -0.1) is 11.3 Å². The predicted octanol–water partition coefficient (Wildman–Crippen LogP) is 4.54. The number of hydrogen-bond acceptors (Lipinski definition) is 4. The van der Waals surface area contributed by atoms with Gasteiger partial charge in [-0.2, -0.15) is 0 Å². The quantitative estimate of drug-likeness (QED) is 0.662.